The highest BCUT2D eigenvalue weighted by molar-refractivity contribution is 5.68. The molecule has 23 heavy (non-hydrogen) atoms. The van der Waals surface area contributed by atoms with Gasteiger partial charge in [-0.3, -0.25) is 0 Å². The summed E-state index contributed by atoms with van der Waals surface area (Å²) in [5.74, 6) is 0.785. The van der Waals surface area contributed by atoms with Gasteiger partial charge in [-0.15, -0.1) is 0 Å². The van der Waals surface area contributed by atoms with Crippen molar-refractivity contribution in [3.05, 3.63) is 29.8 Å². The Morgan fingerprint density at radius 3 is 2.70 bits per heavy atom. The number of amides is 1. The van der Waals surface area contributed by atoms with Crippen LogP contribution >= 0.6 is 0 Å². The van der Waals surface area contributed by atoms with Gasteiger partial charge in [0.2, 0.25) is 0 Å². The van der Waals surface area contributed by atoms with E-state index in [1.54, 1.807) is 0 Å². The van der Waals surface area contributed by atoms with Crippen LogP contribution in [0.4, 0.5) is 10.5 Å². The Morgan fingerprint density at radius 1 is 1.26 bits per heavy atom. The fourth-order valence-electron chi connectivity index (χ4n) is 3.08. The van der Waals surface area contributed by atoms with Crippen molar-refractivity contribution in [3.8, 4) is 0 Å². The van der Waals surface area contributed by atoms with E-state index >= 15 is 0 Å². The number of hydrogen-bond acceptors (Lipinski definition) is 3. The van der Waals surface area contributed by atoms with Crippen LogP contribution < -0.4 is 10.6 Å². The molecule has 1 aliphatic carbocycles. The number of hydrogen-bond donors (Lipinski definition) is 2. The standard InChI is InChI=1S/C19H30N2O2/c1-14-8-7-10-16(12-14)21-17-11-6-5-9-15(17)13-20-18(22)23-19(2,3)4/h5-6,9,11,14,16,21H,7-8,10,12-13H2,1-4H3,(H,20,22). The number of anilines is 1. The highest BCUT2D eigenvalue weighted by atomic mass is 16.6. The van der Waals surface area contributed by atoms with Gasteiger partial charge in [-0.2, -0.15) is 0 Å². The van der Waals surface area contributed by atoms with Crippen LogP contribution in [-0.4, -0.2) is 17.7 Å². The largest absolute Gasteiger partial charge is 0.444 e. The zero-order valence-corrected chi connectivity index (χ0v) is 14.8. The van der Waals surface area contributed by atoms with Crippen LogP contribution in [0.3, 0.4) is 0 Å². The molecule has 4 heteroatoms. The van der Waals surface area contributed by atoms with Crippen molar-refractivity contribution >= 4 is 11.8 Å². The van der Waals surface area contributed by atoms with Crippen LogP contribution in [0.25, 0.3) is 0 Å². The van der Waals surface area contributed by atoms with E-state index in [1.807, 2.05) is 39.0 Å². The average molecular weight is 318 g/mol. The number of carbonyl (C=O) groups excluding carboxylic acids is 1. The molecule has 0 aromatic heterocycles. The Bertz CT molecular complexity index is 522. The van der Waals surface area contributed by atoms with Crippen LogP contribution in [0.2, 0.25) is 0 Å². The second kappa shape index (κ2) is 7.71. The minimum Gasteiger partial charge on any atom is -0.444 e. The lowest BCUT2D eigenvalue weighted by Crippen LogP contribution is -2.32. The Morgan fingerprint density at radius 2 is 2.00 bits per heavy atom. The quantitative estimate of drug-likeness (QED) is 0.846. The Labute approximate surface area is 140 Å². The zero-order valence-electron chi connectivity index (χ0n) is 14.8. The predicted molar refractivity (Wildman–Crippen MR) is 94.6 cm³/mol. The summed E-state index contributed by atoms with van der Waals surface area (Å²) in [6.07, 6.45) is 4.68. The van der Waals surface area contributed by atoms with E-state index in [4.69, 9.17) is 4.74 Å². The number of ether oxygens (including phenoxy) is 1. The topological polar surface area (TPSA) is 50.4 Å². The van der Waals surface area contributed by atoms with Gasteiger partial charge in [-0.1, -0.05) is 38.0 Å². The first-order valence-electron chi connectivity index (χ1n) is 8.65. The SMILES string of the molecule is CC1CCCC(Nc2ccccc2CNC(=O)OC(C)(C)C)C1. The van der Waals surface area contributed by atoms with E-state index in [1.165, 1.54) is 25.7 Å². The van der Waals surface area contributed by atoms with E-state index in [-0.39, 0.29) is 6.09 Å². The van der Waals surface area contributed by atoms with Gasteiger partial charge in [0.15, 0.2) is 0 Å². The fourth-order valence-corrected chi connectivity index (χ4v) is 3.08. The van der Waals surface area contributed by atoms with Crippen LogP contribution in [-0.2, 0) is 11.3 Å². The summed E-state index contributed by atoms with van der Waals surface area (Å²) < 4.78 is 5.29. The maximum Gasteiger partial charge on any atom is 0.407 e. The predicted octanol–water partition coefficient (Wildman–Crippen LogP) is 4.70. The number of carbonyl (C=O) groups is 1. The maximum absolute atomic E-state index is 11.8. The van der Waals surface area contributed by atoms with Gasteiger partial charge >= 0.3 is 6.09 Å². The summed E-state index contributed by atoms with van der Waals surface area (Å²) in [4.78, 5) is 11.8. The van der Waals surface area contributed by atoms with E-state index in [0.29, 0.717) is 12.6 Å². The minimum absolute atomic E-state index is 0.376. The molecule has 2 unspecified atom stereocenters. The van der Waals surface area contributed by atoms with Crippen molar-refractivity contribution in [3.63, 3.8) is 0 Å². The number of para-hydroxylation sites is 1. The van der Waals surface area contributed by atoms with Crippen molar-refractivity contribution in [1.82, 2.24) is 5.32 Å². The number of benzene rings is 1. The molecule has 0 heterocycles. The van der Waals surface area contributed by atoms with E-state index in [9.17, 15) is 4.79 Å². The van der Waals surface area contributed by atoms with Gasteiger partial charge in [0, 0.05) is 18.3 Å². The number of alkyl carbamates (subject to hydrolysis) is 1. The van der Waals surface area contributed by atoms with Crippen LogP contribution in [0.5, 0.6) is 0 Å². The summed E-state index contributed by atoms with van der Waals surface area (Å²) in [6, 6.07) is 8.70. The monoisotopic (exact) mass is 318 g/mol. The van der Waals surface area contributed by atoms with E-state index in [2.05, 4.69) is 23.6 Å². The van der Waals surface area contributed by atoms with Crippen LogP contribution in [0, 0.1) is 5.92 Å². The van der Waals surface area contributed by atoms with Crippen LogP contribution in [0.1, 0.15) is 58.9 Å². The molecule has 1 fully saturated rings. The molecule has 2 rings (SSSR count). The molecule has 0 aliphatic heterocycles. The molecule has 1 aliphatic rings. The molecule has 0 bridgehead atoms. The average Bonchev–Trinajstić information content (AvgIpc) is 2.44. The Kier molecular flexibility index (Phi) is 5.91. The molecule has 128 valence electrons. The number of rotatable bonds is 4. The van der Waals surface area contributed by atoms with Crippen LogP contribution in [0.15, 0.2) is 24.3 Å². The molecule has 1 aromatic rings. The molecule has 2 N–H and O–H groups in total. The second-order valence-corrected chi connectivity index (χ2v) is 7.63. The van der Waals surface area contributed by atoms with Crippen molar-refractivity contribution in [2.45, 2.75) is 71.6 Å². The smallest absolute Gasteiger partial charge is 0.407 e. The van der Waals surface area contributed by atoms with Gasteiger partial charge in [-0.25, -0.2) is 4.79 Å². The lowest BCUT2D eigenvalue weighted by atomic mass is 9.87. The highest BCUT2D eigenvalue weighted by Gasteiger charge is 2.20. The van der Waals surface area contributed by atoms with Gasteiger partial charge in [0.05, 0.1) is 0 Å². The van der Waals surface area contributed by atoms with Crippen molar-refractivity contribution < 1.29 is 9.53 Å². The minimum atomic E-state index is -0.472. The first-order chi connectivity index (χ1) is 10.8. The third kappa shape index (κ3) is 6.12. The molecule has 2 atom stereocenters. The molecule has 4 nitrogen and oxygen atoms in total. The number of nitrogens with one attached hydrogen (secondary N) is 2. The zero-order chi connectivity index (χ0) is 16.9. The fraction of sp³-hybridized carbons (Fsp3) is 0.632. The van der Waals surface area contributed by atoms with Gasteiger partial charge in [0.1, 0.15) is 5.60 Å². The summed E-state index contributed by atoms with van der Waals surface area (Å²) in [5.41, 5.74) is 1.74. The summed E-state index contributed by atoms with van der Waals surface area (Å²) in [5, 5.41) is 6.50. The lowest BCUT2D eigenvalue weighted by Gasteiger charge is -2.29. The van der Waals surface area contributed by atoms with Crippen molar-refractivity contribution in [2.24, 2.45) is 5.92 Å². The van der Waals surface area contributed by atoms with Gasteiger partial charge in [-0.05, 0) is 51.2 Å². The molecule has 1 amide bonds. The molecule has 0 radical (unpaired) electrons. The maximum atomic E-state index is 11.8. The third-order valence-electron chi connectivity index (χ3n) is 4.14. The first kappa shape index (κ1) is 17.6. The first-order valence-corrected chi connectivity index (χ1v) is 8.65. The normalized spacial score (nSPS) is 21.6. The third-order valence-corrected chi connectivity index (χ3v) is 4.14. The second-order valence-electron chi connectivity index (χ2n) is 7.63. The molecular formula is C19H30N2O2. The van der Waals surface area contributed by atoms with Gasteiger partial charge in [0.25, 0.3) is 0 Å². The lowest BCUT2D eigenvalue weighted by molar-refractivity contribution is 0.0523. The summed E-state index contributed by atoms with van der Waals surface area (Å²) >= 11 is 0. The van der Waals surface area contributed by atoms with E-state index in [0.717, 1.165) is 17.2 Å². The summed E-state index contributed by atoms with van der Waals surface area (Å²) in [7, 11) is 0. The van der Waals surface area contributed by atoms with E-state index < -0.39 is 5.60 Å². The Hall–Kier alpha value is -1.71. The Balaban J connectivity index is 1.93. The van der Waals surface area contributed by atoms with Crippen molar-refractivity contribution in [1.29, 1.82) is 0 Å². The molecule has 1 saturated carbocycles. The molecule has 1 aromatic carbocycles. The van der Waals surface area contributed by atoms with Crippen molar-refractivity contribution in [2.75, 3.05) is 5.32 Å². The summed E-state index contributed by atoms with van der Waals surface area (Å²) in [6.45, 7) is 8.40. The molecular weight excluding hydrogens is 288 g/mol. The molecule has 0 saturated heterocycles. The van der Waals surface area contributed by atoms with Gasteiger partial charge < -0.3 is 15.4 Å². The molecule has 0 spiro atoms. The highest BCUT2D eigenvalue weighted by Crippen LogP contribution is 2.27.